The van der Waals surface area contributed by atoms with Crippen molar-refractivity contribution in [1.29, 1.82) is 0 Å². The van der Waals surface area contributed by atoms with Gasteiger partial charge in [0.05, 0.1) is 0 Å². The highest BCUT2D eigenvalue weighted by molar-refractivity contribution is 5.71. The van der Waals surface area contributed by atoms with E-state index < -0.39 is 6.10 Å². The number of hydrogen-bond acceptors (Lipinski definition) is 6. The molecule has 0 amide bonds. The van der Waals surface area contributed by atoms with Crippen molar-refractivity contribution < 1.29 is 28.6 Å². The lowest BCUT2D eigenvalue weighted by Crippen LogP contribution is -2.30. The van der Waals surface area contributed by atoms with Crippen molar-refractivity contribution in [3.8, 4) is 0 Å². The molecule has 1 atom stereocenters. The van der Waals surface area contributed by atoms with Gasteiger partial charge in [0.25, 0.3) is 0 Å². The minimum atomic E-state index is -0.794. The van der Waals surface area contributed by atoms with Crippen molar-refractivity contribution in [3.63, 3.8) is 0 Å². The Kier molecular flexibility index (Phi) is 56.3. The zero-order valence-corrected chi connectivity index (χ0v) is 46.7. The van der Waals surface area contributed by atoms with Crippen LogP contribution in [0.15, 0.2) is 85.1 Å². The topological polar surface area (TPSA) is 78.9 Å². The van der Waals surface area contributed by atoms with Gasteiger partial charge in [-0.3, -0.25) is 14.4 Å². The summed E-state index contributed by atoms with van der Waals surface area (Å²) in [5.74, 6) is -0.919. The highest BCUT2D eigenvalue weighted by atomic mass is 16.6. The third kappa shape index (κ3) is 57.4. The lowest BCUT2D eigenvalue weighted by Gasteiger charge is -2.18. The fourth-order valence-corrected chi connectivity index (χ4v) is 8.38. The van der Waals surface area contributed by atoms with Crippen LogP contribution in [0.25, 0.3) is 0 Å². The second kappa shape index (κ2) is 59.2. The van der Waals surface area contributed by atoms with E-state index in [-0.39, 0.29) is 31.1 Å². The van der Waals surface area contributed by atoms with E-state index in [0.29, 0.717) is 19.3 Å². The van der Waals surface area contributed by atoms with E-state index >= 15 is 0 Å². The first-order valence-corrected chi connectivity index (χ1v) is 30.1. The molecule has 0 aliphatic rings. The molecule has 0 saturated heterocycles. The van der Waals surface area contributed by atoms with E-state index in [2.05, 4.69) is 106 Å². The van der Waals surface area contributed by atoms with Crippen LogP contribution in [-0.2, 0) is 28.6 Å². The number of carbonyl (C=O) groups is 3. The molecule has 0 aliphatic heterocycles. The Hall–Kier alpha value is -3.41. The summed E-state index contributed by atoms with van der Waals surface area (Å²) < 4.78 is 16.9. The van der Waals surface area contributed by atoms with Gasteiger partial charge in [0.2, 0.25) is 0 Å². The van der Waals surface area contributed by atoms with E-state index in [9.17, 15) is 14.4 Å². The molecule has 6 heteroatoms. The second-order valence-corrected chi connectivity index (χ2v) is 19.9. The Labute approximate surface area is 439 Å². The fraction of sp³-hybridized carbons (Fsp3) is 0.738. The summed E-state index contributed by atoms with van der Waals surface area (Å²) in [5, 5.41) is 0. The molecule has 408 valence electrons. The summed E-state index contributed by atoms with van der Waals surface area (Å²) in [6.07, 6.45) is 77.1. The molecular formula is C65H112O6. The summed E-state index contributed by atoms with van der Waals surface area (Å²) in [6.45, 7) is 6.50. The Bertz CT molecular complexity index is 1370. The first-order valence-electron chi connectivity index (χ1n) is 30.1. The fourth-order valence-electron chi connectivity index (χ4n) is 8.38. The zero-order chi connectivity index (χ0) is 51.4. The largest absolute Gasteiger partial charge is 0.462 e. The van der Waals surface area contributed by atoms with Gasteiger partial charge in [0.15, 0.2) is 6.10 Å². The SMILES string of the molecule is CC/C=C\C/C=C\C/C=C\C/C=C\C/C=C\CCCCCC(=O)OC[C@@H](COC(=O)CCCCCCCCCCCCCCCCCCC)OC(=O)CCCCCCCCC/C=C\C/C=C\CCCCC. The van der Waals surface area contributed by atoms with E-state index in [4.69, 9.17) is 14.2 Å². The molecule has 0 spiro atoms. The second-order valence-electron chi connectivity index (χ2n) is 19.9. The average Bonchev–Trinajstić information content (AvgIpc) is 3.37. The van der Waals surface area contributed by atoms with Gasteiger partial charge < -0.3 is 14.2 Å². The predicted molar refractivity (Wildman–Crippen MR) is 307 cm³/mol. The molecular weight excluding hydrogens is 877 g/mol. The Morgan fingerprint density at radius 1 is 0.296 bits per heavy atom. The van der Waals surface area contributed by atoms with Crippen molar-refractivity contribution in [3.05, 3.63) is 85.1 Å². The van der Waals surface area contributed by atoms with Crippen LogP contribution in [0.3, 0.4) is 0 Å². The number of unbranched alkanes of at least 4 members (excludes halogenated alkanes) is 29. The highest BCUT2D eigenvalue weighted by Gasteiger charge is 2.19. The quantitative estimate of drug-likeness (QED) is 0.0261. The third-order valence-corrected chi connectivity index (χ3v) is 12.9. The van der Waals surface area contributed by atoms with Crippen LogP contribution in [0.1, 0.15) is 290 Å². The standard InChI is InChI=1S/C65H112O6/c1-4-7-10-13-16-19-22-25-28-31-32-35-37-40-43-46-49-52-55-58-64(67)70-61-62(71-65(68)59-56-53-50-47-44-41-38-34-30-27-24-21-18-15-12-9-6-3)60-69-63(66)57-54-51-48-45-42-39-36-33-29-26-23-20-17-14-11-8-5-2/h7,10,16,18-19,21,25,27-28,30,32,35,40,43,62H,4-6,8-9,11-15,17,20,22-24,26,29,31,33-34,36-39,41-42,44-61H2,1-3H3/b10-7-,19-16-,21-18-,28-25-,30-27-,35-32-,43-40-/t62-/m1/s1. The van der Waals surface area contributed by atoms with Crippen LogP contribution in [-0.4, -0.2) is 37.2 Å². The number of ether oxygens (including phenoxy) is 3. The van der Waals surface area contributed by atoms with Crippen LogP contribution in [0.2, 0.25) is 0 Å². The lowest BCUT2D eigenvalue weighted by molar-refractivity contribution is -0.167. The number of rotatable bonds is 54. The molecule has 0 radical (unpaired) electrons. The first-order chi connectivity index (χ1) is 35.0. The maximum Gasteiger partial charge on any atom is 0.306 e. The summed E-state index contributed by atoms with van der Waals surface area (Å²) in [7, 11) is 0. The Balaban J connectivity index is 4.44. The van der Waals surface area contributed by atoms with Gasteiger partial charge in [0.1, 0.15) is 13.2 Å². The van der Waals surface area contributed by atoms with Crippen LogP contribution in [0.5, 0.6) is 0 Å². The smallest absolute Gasteiger partial charge is 0.306 e. The van der Waals surface area contributed by atoms with Gasteiger partial charge in [-0.05, 0) is 96.3 Å². The van der Waals surface area contributed by atoms with Gasteiger partial charge in [-0.15, -0.1) is 0 Å². The molecule has 0 heterocycles. The molecule has 71 heavy (non-hydrogen) atoms. The van der Waals surface area contributed by atoms with Gasteiger partial charge in [-0.2, -0.15) is 0 Å². The van der Waals surface area contributed by atoms with Gasteiger partial charge in [-0.1, -0.05) is 260 Å². The Morgan fingerprint density at radius 3 is 0.901 bits per heavy atom. The molecule has 6 nitrogen and oxygen atoms in total. The van der Waals surface area contributed by atoms with E-state index in [1.165, 1.54) is 141 Å². The van der Waals surface area contributed by atoms with Crippen molar-refractivity contribution in [2.24, 2.45) is 0 Å². The van der Waals surface area contributed by atoms with E-state index in [0.717, 1.165) is 109 Å². The number of allylic oxidation sites excluding steroid dienone is 14. The van der Waals surface area contributed by atoms with Gasteiger partial charge in [0, 0.05) is 19.3 Å². The van der Waals surface area contributed by atoms with Crippen LogP contribution in [0, 0.1) is 0 Å². The molecule has 0 fully saturated rings. The lowest BCUT2D eigenvalue weighted by atomic mass is 10.0. The van der Waals surface area contributed by atoms with Crippen molar-refractivity contribution in [2.75, 3.05) is 13.2 Å². The molecule has 0 aromatic heterocycles. The highest BCUT2D eigenvalue weighted by Crippen LogP contribution is 2.16. The Morgan fingerprint density at radius 2 is 0.549 bits per heavy atom. The molecule has 0 unspecified atom stereocenters. The summed E-state index contributed by atoms with van der Waals surface area (Å²) in [5.41, 5.74) is 0. The van der Waals surface area contributed by atoms with Crippen LogP contribution < -0.4 is 0 Å². The zero-order valence-electron chi connectivity index (χ0n) is 46.7. The minimum absolute atomic E-state index is 0.0883. The normalized spacial score (nSPS) is 12.7. The van der Waals surface area contributed by atoms with Crippen molar-refractivity contribution in [1.82, 2.24) is 0 Å². The molecule has 0 aliphatic carbocycles. The van der Waals surface area contributed by atoms with Crippen LogP contribution in [0.4, 0.5) is 0 Å². The van der Waals surface area contributed by atoms with Crippen LogP contribution >= 0.6 is 0 Å². The summed E-state index contributed by atoms with van der Waals surface area (Å²) >= 11 is 0. The number of carbonyl (C=O) groups excluding carboxylic acids is 3. The predicted octanol–water partition coefficient (Wildman–Crippen LogP) is 20.3. The van der Waals surface area contributed by atoms with Gasteiger partial charge >= 0.3 is 17.9 Å². The molecule has 0 N–H and O–H groups in total. The maximum atomic E-state index is 12.9. The monoisotopic (exact) mass is 989 g/mol. The van der Waals surface area contributed by atoms with Gasteiger partial charge in [-0.25, -0.2) is 0 Å². The molecule has 0 bridgehead atoms. The third-order valence-electron chi connectivity index (χ3n) is 12.9. The number of esters is 3. The summed E-state index contributed by atoms with van der Waals surface area (Å²) in [6, 6.07) is 0. The molecule has 0 saturated carbocycles. The molecule has 0 aromatic carbocycles. The molecule has 0 rings (SSSR count). The van der Waals surface area contributed by atoms with Crippen molar-refractivity contribution >= 4 is 17.9 Å². The minimum Gasteiger partial charge on any atom is -0.462 e. The number of hydrogen-bond donors (Lipinski definition) is 0. The molecule has 0 aromatic rings. The average molecular weight is 990 g/mol. The van der Waals surface area contributed by atoms with E-state index in [1.54, 1.807) is 0 Å². The van der Waals surface area contributed by atoms with Crippen molar-refractivity contribution in [2.45, 2.75) is 297 Å². The van der Waals surface area contributed by atoms with E-state index in [1.807, 2.05) is 0 Å². The maximum absolute atomic E-state index is 12.9. The first kappa shape index (κ1) is 67.6. The summed E-state index contributed by atoms with van der Waals surface area (Å²) in [4.78, 5) is 38.2.